The average Bonchev–Trinajstić information content (AvgIpc) is 2.99. The smallest absolute Gasteiger partial charge is 0.147 e. The number of fused-ring (bicyclic) bond motifs is 1. The van der Waals surface area contributed by atoms with Crippen molar-refractivity contribution in [2.45, 2.75) is 27.3 Å². The third kappa shape index (κ3) is 4.38. The Kier molecular flexibility index (Phi) is 6.18. The van der Waals surface area contributed by atoms with Gasteiger partial charge in [-0.3, -0.25) is 0 Å². The summed E-state index contributed by atoms with van der Waals surface area (Å²) in [6.07, 6.45) is 0. The van der Waals surface area contributed by atoms with Crippen LogP contribution in [0.4, 0.5) is 5.69 Å². The lowest BCUT2D eigenvalue weighted by Gasteiger charge is -2.18. The number of ether oxygens (including phenoxy) is 1. The van der Waals surface area contributed by atoms with Crippen LogP contribution < -0.4 is 10.1 Å². The van der Waals surface area contributed by atoms with Gasteiger partial charge >= 0.3 is 0 Å². The van der Waals surface area contributed by atoms with E-state index in [1.165, 1.54) is 5.56 Å². The summed E-state index contributed by atoms with van der Waals surface area (Å²) in [5.74, 6) is 0.968. The SMILES string of the molecule is CCN(CC)CCOc1c(C)[nH]c2ccc(NCc3ccccc3)cc12. The Labute approximate surface area is 156 Å². The number of anilines is 1. The Morgan fingerprint density at radius 3 is 2.54 bits per heavy atom. The number of H-pyrrole nitrogens is 1. The van der Waals surface area contributed by atoms with Gasteiger partial charge in [0.05, 0.1) is 5.69 Å². The summed E-state index contributed by atoms with van der Waals surface area (Å²) in [6, 6.07) is 16.8. The molecule has 0 fully saturated rings. The Morgan fingerprint density at radius 2 is 1.81 bits per heavy atom. The molecule has 0 radical (unpaired) electrons. The fourth-order valence-corrected chi connectivity index (χ4v) is 3.21. The minimum absolute atomic E-state index is 0.706. The molecule has 0 bridgehead atoms. The van der Waals surface area contributed by atoms with Crippen molar-refractivity contribution in [3.63, 3.8) is 0 Å². The van der Waals surface area contributed by atoms with Crippen LogP contribution in [-0.4, -0.2) is 36.1 Å². The Bertz CT molecular complexity index is 822. The van der Waals surface area contributed by atoms with Crippen molar-refractivity contribution in [1.82, 2.24) is 9.88 Å². The van der Waals surface area contributed by atoms with Crippen LogP contribution in [0.3, 0.4) is 0 Å². The molecule has 1 aromatic heterocycles. The van der Waals surface area contributed by atoms with Gasteiger partial charge in [0.15, 0.2) is 0 Å². The van der Waals surface area contributed by atoms with E-state index in [0.29, 0.717) is 6.61 Å². The van der Waals surface area contributed by atoms with E-state index in [1.807, 2.05) is 6.07 Å². The highest BCUT2D eigenvalue weighted by atomic mass is 16.5. The molecule has 0 spiro atoms. The van der Waals surface area contributed by atoms with Crippen LogP contribution in [0.2, 0.25) is 0 Å². The van der Waals surface area contributed by atoms with Crippen molar-refractivity contribution in [1.29, 1.82) is 0 Å². The van der Waals surface area contributed by atoms with E-state index >= 15 is 0 Å². The van der Waals surface area contributed by atoms with Crippen LogP contribution in [0.1, 0.15) is 25.1 Å². The largest absolute Gasteiger partial charge is 0.490 e. The zero-order valence-corrected chi connectivity index (χ0v) is 16.0. The molecule has 0 atom stereocenters. The molecule has 3 rings (SSSR count). The molecule has 138 valence electrons. The molecule has 0 amide bonds. The van der Waals surface area contributed by atoms with Crippen LogP contribution in [0.25, 0.3) is 10.9 Å². The Balaban J connectivity index is 1.71. The number of nitrogens with one attached hydrogen (secondary N) is 2. The van der Waals surface area contributed by atoms with Gasteiger partial charge in [0, 0.05) is 29.7 Å². The third-order valence-corrected chi connectivity index (χ3v) is 4.81. The third-order valence-electron chi connectivity index (χ3n) is 4.81. The number of hydrogen-bond donors (Lipinski definition) is 2. The average molecular weight is 351 g/mol. The van der Waals surface area contributed by atoms with Crippen LogP contribution in [0.5, 0.6) is 5.75 Å². The quantitative estimate of drug-likeness (QED) is 0.581. The normalized spacial score (nSPS) is 11.2. The maximum atomic E-state index is 6.14. The van der Waals surface area contributed by atoms with E-state index in [-0.39, 0.29) is 0 Å². The van der Waals surface area contributed by atoms with E-state index in [9.17, 15) is 0 Å². The van der Waals surface area contributed by atoms with Crippen LogP contribution in [0.15, 0.2) is 48.5 Å². The van der Waals surface area contributed by atoms with E-state index < -0.39 is 0 Å². The zero-order valence-electron chi connectivity index (χ0n) is 16.0. The molecule has 26 heavy (non-hydrogen) atoms. The van der Waals surface area contributed by atoms with Crippen molar-refractivity contribution in [3.8, 4) is 5.75 Å². The summed E-state index contributed by atoms with van der Waals surface area (Å²) in [7, 11) is 0. The summed E-state index contributed by atoms with van der Waals surface area (Å²) in [6.45, 7) is 11.0. The number of hydrogen-bond acceptors (Lipinski definition) is 3. The molecule has 2 aromatic carbocycles. The van der Waals surface area contributed by atoms with Crippen LogP contribution in [0, 0.1) is 6.92 Å². The molecule has 4 nitrogen and oxygen atoms in total. The predicted molar refractivity (Wildman–Crippen MR) is 110 cm³/mol. The van der Waals surface area contributed by atoms with Gasteiger partial charge in [-0.2, -0.15) is 0 Å². The summed E-state index contributed by atoms with van der Waals surface area (Å²) >= 11 is 0. The first-order valence-electron chi connectivity index (χ1n) is 9.46. The van der Waals surface area contributed by atoms with Crippen molar-refractivity contribution < 1.29 is 4.74 Å². The molecule has 0 aliphatic heterocycles. The van der Waals surface area contributed by atoms with Crippen molar-refractivity contribution >= 4 is 16.6 Å². The Hall–Kier alpha value is -2.46. The van der Waals surface area contributed by atoms with Crippen molar-refractivity contribution in [3.05, 3.63) is 59.8 Å². The number of rotatable bonds is 9. The van der Waals surface area contributed by atoms with E-state index in [4.69, 9.17) is 4.74 Å². The molecule has 1 heterocycles. The van der Waals surface area contributed by atoms with E-state index in [1.54, 1.807) is 0 Å². The van der Waals surface area contributed by atoms with Gasteiger partial charge in [-0.05, 0) is 43.8 Å². The van der Waals surface area contributed by atoms with Crippen LogP contribution >= 0.6 is 0 Å². The van der Waals surface area contributed by atoms with E-state index in [2.05, 4.69) is 78.4 Å². The highest BCUT2D eigenvalue weighted by molar-refractivity contribution is 5.90. The van der Waals surface area contributed by atoms with Gasteiger partial charge in [-0.1, -0.05) is 44.2 Å². The molecular formula is C22H29N3O. The van der Waals surface area contributed by atoms with Gasteiger partial charge in [-0.15, -0.1) is 0 Å². The number of nitrogens with zero attached hydrogens (tertiary/aromatic N) is 1. The predicted octanol–water partition coefficient (Wildman–Crippen LogP) is 4.81. The van der Waals surface area contributed by atoms with Gasteiger partial charge < -0.3 is 19.9 Å². The fourth-order valence-electron chi connectivity index (χ4n) is 3.21. The number of likely N-dealkylation sites (N-methyl/N-ethyl adjacent to an activating group) is 1. The second-order valence-electron chi connectivity index (χ2n) is 6.55. The van der Waals surface area contributed by atoms with Gasteiger partial charge in [0.1, 0.15) is 12.4 Å². The maximum Gasteiger partial charge on any atom is 0.147 e. The number of benzene rings is 2. The lowest BCUT2D eigenvalue weighted by molar-refractivity contribution is 0.223. The van der Waals surface area contributed by atoms with Gasteiger partial charge in [-0.25, -0.2) is 0 Å². The maximum absolute atomic E-state index is 6.14. The number of aromatic nitrogens is 1. The monoisotopic (exact) mass is 351 g/mol. The molecule has 0 saturated carbocycles. The minimum Gasteiger partial charge on any atom is -0.490 e. The first kappa shape index (κ1) is 18.3. The second-order valence-corrected chi connectivity index (χ2v) is 6.55. The number of aryl methyl sites for hydroxylation is 1. The molecule has 2 N–H and O–H groups in total. The highest BCUT2D eigenvalue weighted by Crippen LogP contribution is 2.32. The van der Waals surface area contributed by atoms with Gasteiger partial charge in [0.25, 0.3) is 0 Å². The van der Waals surface area contributed by atoms with Crippen LogP contribution in [-0.2, 0) is 6.54 Å². The summed E-state index contributed by atoms with van der Waals surface area (Å²) in [5, 5.41) is 4.64. The van der Waals surface area contributed by atoms with Crippen molar-refractivity contribution in [2.75, 3.05) is 31.6 Å². The molecule has 0 aliphatic carbocycles. The number of aromatic amines is 1. The fraction of sp³-hybridized carbons (Fsp3) is 0.364. The summed E-state index contributed by atoms with van der Waals surface area (Å²) in [5.41, 5.74) is 4.58. The molecule has 0 unspecified atom stereocenters. The summed E-state index contributed by atoms with van der Waals surface area (Å²) in [4.78, 5) is 5.80. The van der Waals surface area contributed by atoms with E-state index in [0.717, 1.165) is 54.2 Å². The lowest BCUT2D eigenvalue weighted by Crippen LogP contribution is -2.27. The molecule has 0 saturated heterocycles. The topological polar surface area (TPSA) is 40.3 Å². The lowest BCUT2D eigenvalue weighted by atomic mass is 10.2. The standard InChI is InChI=1S/C22H29N3O/c1-4-25(5-2)13-14-26-22-17(3)24-21-12-11-19(15-20(21)22)23-16-18-9-7-6-8-10-18/h6-12,15,23-24H,4-5,13-14,16H2,1-3H3. The van der Waals surface area contributed by atoms with Crippen molar-refractivity contribution in [2.24, 2.45) is 0 Å². The molecule has 0 aliphatic rings. The molecule has 3 aromatic rings. The molecular weight excluding hydrogens is 322 g/mol. The first-order chi connectivity index (χ1) is 12.7. The Morgan fingerprint density at radius 1 is 1.04 bits per heavy atom. The zero-order chi connectivity index (χ0) is 18.4. The molecule has 4 heteroatoms. The second kappa shape index (κ2) is 8.77. The first-order valence-corrected chi connectivity index (χ1v) is 9.46. The minimum atomic E-state index is 0.706. The summed E-state index contributed by atoms with van der Waals surface area (Å²) < 4.78 is 6.14. The highest BCUT2D eigenvalue weighted by Gasteiger charge is 2.11. The van der Waals surface area contributed by atoms with Gasteiger partial charge in [0.2, 0.25) is 0 Å².